The summed E-state index contributed by atoms with van der Waals surface area (Å²) in [5, 5.41) is 0.976. The molecule has 1 aromatic carbocycles. The first-order chi connectivity index (χ1) is 32.7. The Morgan fingerprint density at radius 2 is 1.40 bits per heavy atom. The van der Waals surface area contributed by atoms with E-state index in [1.807, 2.05) is 30.3 Å². The molecule has 0 bridgehead atoms. The smallest absolute Gasteiger partial charge is 0.352 e. The zero-order valence-corrected chi connectivity index (χ0v) is 43.1. The van der Waals surface area contributed by atoms with Crippen LogP contribution in [0.15, 0.2) is 41.2 Å². The molecule has 5 rings (SSSR count). The quantitative estimate of drug-likeness (QED) is 0.0143. The number of rotatable bonds is 35. The molecule has 14 heteroatoms. The molecular weight excluding hydrogens is 882 g/mol. The number of aromatic nitrogens is 2. The van der Waals surface area contributed by atoms with Crippen molar-refractivity contribution in [1.29, 1.82) is 0 Å². The predicted molar refractivity (Wildman–Crippen MR) is 269 cm³/mol. The van der Waals surface area contributed by atoms with E-state index in [9.17, 15) is 23.7 Å². The highest BCUT2D eigenvalue weighted by Gasteiger charge is 2.37. The van der Waals surface area contributed by atoms with Crippen molar-refractivity contribution < 1.29 is 46.9 Å². The monoisotopic (exact) mass is 965 g/mol. The van der Waals surface area contributed by atoms with Crippen molar-refractivity contribution in [3.8, 4) is 11.4 Å². The number of fused-ring (bicyclic) bond motifs is 5. The van der Waals surface area contributed by atoms with Crippen LogP contribution in [0.25, 0.3) is 22.3 Å². The zero-order valence-electron chi connectivity index (χ0n) is 42.2. The standard InChI is InChI=1S/C54H83N3O10P/c1-6-7-8-9-10-11-12-13-14-15-16-17-18-22-27-34-63-39-44(40-65-68(5,62)35-28-33-57(2,3)4)66-49(58)31-23-20-19-21-24-32-50(59)67-52-45-37-48-51-43(36-42-29-25-26-30-47(42)55-51)38-56(48)53(60)46(45)41-64-54(52)61/h25-26,29-30,36-37,44,52H,6-24,27-28,31-35,38-41H2,1-5H3/q+1/t44?,52-,68?/m0/s1. The predicted octanol–water partition coefficient (Wildman–Crippen LogP) is 11.6. The molecule has 0 amide bonds. The number of ether oxygens (including phenoxy) is 4. The third kappa shape index (κ3) is 18.8. The van der Waals surface area contributed by atoms with Gasteiger partial charge in [-0.3, -0.25) is 18.9 Å². The summed E-state index contributed by atoms with van der Waals surface area (Å²) in [5.74, 6) is -1.59. The Balaban J connectivity index is 0.975. The van der Waals surface area contributed by atoms with Gasteiger partial charge in [0, 0.05) is 55.2 Å². The van der Waals surface area contributed by atoms with Gasteiger partial charge in [-0.25, -0.2) is 9.78 Å². The third-order valence-electron chi connectivity index (χ3n) is 13.1. The molecule has 3 atom stereocenters. The average Bonchev–Trinajstić information content (AvgIpc) is 3.65. The number of carbonyl (C=O) groups excluding carboxylic acids is 3. The number of carbonyl (C=O) groups is 3. The van der Waals surface area contributed by atoms with Crippen LogP contribution in [0.5, 0.6) is 0 Å². The molecule has 13 nitrogen and oxygen atoms in total. The lowest BCUT2D eigenvalue weighted by atomic mass is 10.00. The van der Waals surface area contributed by atoms with Gasteiger partial charge < -0.3 is 32.5 Å². The number of hydrogen-bond donors (Lipinski definition) is 0. The second kappa shape index (κ2) is 28.7. The number of nitrogens with zero attached hydrogens (tertiary/aromatic N) is 3. The van der Waals surface area contributed by atoms with Gasteiger partial charge in [0.25, 0.3) is 5.56 Å². The second-order valence-corrected chi connectivity index (χ2v) is 23.1. The second-order valence-electron chi connectivity index (χ2n) is 20.3. The van der Waals surface area contributed by atoms with Gasteiger partial charge in [0.1, 0.15) is 12.7 Å². The minimum absolute atomic E-state index is 0.0326. The summed E-state index contributed by atoms with van der Waals surface area (Å²) in [6, 6.07) is 11.5. The van der Waals surface area contributed by atoms with Gasteiger partial charge in [-0.1, -0.05) is 134 Å². The number of quaternary nitrogens is 1. The van der Waals surface area contributed by atoms with Gasteiger partial charge in [-0.05, 0) is 37.5 Å². The summed E-state index contributed by atoms with van der Waals surface area (Å²) < 4.78 is 44.4. The Kier molecular flexibility index (Phi) is 23.2. The fourth-order valence-electron chi connectivity index (χ4n) is 9.12. The summed E-state index contributed by atoms with van der Waals surface area (Å²) >= 11 is 0. The Morgan fingerprint density at radius 1 is 0.794 bits per heavy atom. The Morgan fingerprint density at radius 3 is 2.04 bits per heavy atom. The van der Waals surface area contributed by atoms with Crippen LogP contribution in [0.4, 0.5) is 0 Å². The van der Waals surface area contributed by atoms with E-state index in [-0.39, 0.29) is 44.2 Å². The maximum atomic E-state index is 13.6. The number of esters is 3. The number of hydrogen-bond acceptors (Lipinski definition) is 11. The van der Waals surface area contributed by atoms with E-state index in [1.54, 1.807) is 17.3 Å². The number of para-hydroxylation sites is 1. The van der Waals surface area contributed by atoms with Crippen LogP contribution in [0.2, 0.25) is 0 Å². The summed E-state index contributed by atoms with van der Waals surface area (Å²) in [5.41, 5.74) is 3.34. The summed E-state index contributed by atoms with van der Waals surface area (Å²) in [6.45, 7) is 5.80. The van der Waals surface area contributed by atoms with Crippen molar-refractivity contribution in [1.82, 2.24) is 9.55 Å². The van der Waals surface area contributed by atoms with E-state index in [1.165, 1.54) is 83.5 Å². The van der Waals surface area contributed by atoms with Crippen molar-refractivity contribution in [3.63, 3.8) is 0 Å². The third-order valence-corrected chi connectivity index (χ3v) is 14.9. The molecule has 3 aromatic rings. The molecule has 0 aliphatic carbocycles. The molecule has 68 heavy (non-hydrogen) atoms. The van der Waals surface area contributed by atoms with Crippen molar-refractivity contribution >= 4 is 36.2 Å². The van der Waals surface area contributed by atoms with E-state index >= 15 is 0 Å². The molecule has 0 fully saturated rings. The van der Waals surface area contributed by atoms with Crippen LogP contribution in [-0.2, 0) is 55.6 Å². The molecule has 2 unspecified atom stereocenters. The molecule has 0 spiro atoms. The Labute approximate surface area is 406 Å². The molecule has 0 saturated heterocycles. The SMILES string of the molecule is CCCCCCCCCCCCCCCCCOCC(COP(C)(=O)CCC[N+](C)(C)C)OC(=O)CCCCCCCC(=O)O[C@@H]1C(=O)OCc2c1cc1n(c2=O)Cc2cc3ccccc3nc2-1. The van der Waals surface area contributed by atoms with Gasteiger partial charge in [-0.2, -0.15) is 0 Å². The van der Waals surface area contributed by atoms with Gasteiger partial charge in [0.05, 0.1) is 69.9 Å². The van der Waals surface area contributed by atoms with Gasteiger partial charge in [0.2, 0.25) is 13.5 Å². The molecule has 4 heterocycles. The van der Waals surface area contributed by atoms with E-state index in [0.29, 0.717) is 54.7 Å². The number of unbranched alkanes of at least 4 members (excludes halogenated alkanes) is 18. The highest BCUT2D eigenvalue weighted by Crippen LogP contribution is 2.43. The van der Waals surface area contributed by atoms with Crippen LogP contribution in [0.1, 0.15) is 177 Å². The van der Waals surface area contributed by atoms with Crippen LogP contribution in [0.3, 0.4) is 0 Å². The number of cyclic esters (lactones) is 1. The van der Waals surface area contributed by atoms with Crippen molar-refractivity contribution in [2.24, 2.45) is 0 Å². The number of benzene rings is 1. The van der Waals surface area contributed by atoms with Crippen LogP contribution < -0.4 is 5.56 Å². The highest BCUT2D eigenvalue weighted by atomic mass is 31.2. The molecule has 0 radical (unpaired) electrons. The lowest BCUT2D eigenvalue weighted by Gasteiger charge is -2.25. The molecule has 2 aliphatic heterocycles. The lowest BCUT2D eigenvalue weighted by Crippen LogP contribution is -2.35. The largest absolute Gasteiger partial charge is 0.458 e. The fraction of sp³-hybridized carbons (Fsp3) is 0.685. The summed E-state index contributed by atoms with van der Waals surface area (Å²) in [7, 11) is 3.44. The maximum Gasteiger partial charge on any atom is 0.352 e. The minimum Gasteiger partial charge on any atom is -0.458 e. The van der Waals surface area contributed by atoms with Gasteiger partial charge >= 0.3 is 17.9 Å². The minimum atomic E-state index is -2.88. The van der Waals surface area contributed by atoms with E-state index in [0.717, 1.165) is 66.0 Å². The van der Waals surface area contributed by atoms with Crippen molar-refractivity contribution in [3.05, 3.63) is 63.4 Å². The van der Waals surface area contributed by atoms with E-state index in [4.69, 9.17) is 28.5 Å². The van der Waals surface area contributed by atoms with Crippen LogP contribution in [0, 0.1) is 0 Å². The van der Waals surface area contributed by atoms with Crippen LogP contribution in [-0.4, -0.2) is 98.4 Å². The topological polar surface area (TPSA) is 149 Å². The Hall–Kier alpha value is -3.90. The molecule has 378 valence electrons. The fourth-order valence-corrected chi connectivity index (χ4v) is 10.4. The first kappa shape index (κ1) is 55.0. The molecular formula is C54H83N3O10P+. The first-order valence-corrected chi connectivity index (χ1v) is 28.3. The van der Waals surface area contributed by atoms with E-state index < -0.39 is 31.5 Å². The summed E-state index contributed by atoms with van der Waals surface area (Å²) in [6.07, 6.45) is 22.5. The zero-order chi connectivity index (χ0) is 48.8. The average molecular weight is 965 g/mol. The van der Waals surface area contributed by atoms with Crippen LogP contribution >= 0.6 is 7.37 Å². The normalized spacial score (nSPS) is 15.6. The van der Waals surface area contributed by atoms with Gasteiger partial charge in [0.15, 0.2) is 0 Å². The first-order valence-electron chi connectivity index (χ1n) is 26.0. The lowest BCUT2D eigenvalue weighted by molar-refractivity contribution is -0.870. The number of pyridine rings is 2. The summed E-state index contributed by atoms with van der Waals surface area (Å²) in [4.78, 5) is 57.4. The van der Waals surface area contributed by atoms with Crippen molar-refractivity contribution in [2.45, 2.75) is 180 Å². The molecule has 2 aromatic heterocycles. The highest BCUT2D eigenvalue weighted by molar-refractivity contribution is 7.58. The molecule has 2 aliphatic rings. The van der Waals surface area contributed by atoms with Crippen molar-refractivity contribution in [2.75, 3.05) is 60.3 Å². The molecule has 0 N–H and O–H groups in total. The Bertz CT molecular complexity index is 2170. The van der Waals surface area contributed by atoms with Gasteiger partial charge in [-0.15, -0.1) is 0 Å². The molecule has 0 saturated carbocycles. The van der Waals surface area contributed by atoms with E-state index in [2.05, 4.69) is 28.1 Å². The maximum absolute atomic E-state index is 13.6.